The van der Waals surface area contributed by atoms with Crippen molar-refractivity contribution in [2.45, 2.75) is 19.9 Å². The van der Waals surface area contributed by atoms with Crippen molar-refractivity contribution >= 4 is 33.5 Å². The number of anilines is 1. The van der Waals surface area contributed by atoms with E-state index in [-0.39, 0.29) is 23.5 Å². The molecule has 0 spiro atoms. The van der Waals surface area contributed by atoms with Crippen LogP contribution >= 0.6 is 15.9 Å². The summed E-state index contributed by atoms with van der Waals surface area (Å²) in [6, 6.07) is 6.57. The van der Waals surface area contributed by atoms with E-state index in [0.29, 0.717) is 10.9 Å². The first-order valence-electron chi connectivity index (χ1n) is 7.83. The Bertz CT molecular complexity index is 977. The van der Waals surface area contributed by atoms with Gasteiger partial charge in [-0.25, -0.2) is 9.59 Å². The summed E-state index contributed by atoms with van der Waals surface area (Å²) in [6.07, 6.45) is 0.590. The van der Waals surface area contributed by atoms with Gasteiger partial charge in [0.25, 0.3) is 5.56 Å². The summed E-state index contributed by atoms with van der Waals surface area (Å²) < 4.78 is 7.48. The van der Waals surface area contributed by atoms with Crippen molar-refractivity contribution in [3.05, 3.63) is 60.7 Å². The van der Waals surface area contributed by atoms with E-state index in [4.69, 9.17) is 10.5 Å². The van der Waals surface area contributed by atoms with Gasteiger partial charge in [0.2, 0.25) is 5.78 Å². The molecule has 1 aromatic carbocycles. The van der Waals surface area contributed by atoms with E-state index >= 15 is 0 Å². The first-order chi connectivity index (χ1) is 12.3. The standard InChI is InChI=1S/C17H18BrN3O5/c1-3-8-21-14(19)13(15(23)20(2)17(21)25)12(22)9-26-16(24)10-6-4-5-7-11(10)18/h4-7H,3,8-9,19H2,1-2H3. The van der Waals surface area contributed by atoms with Gasteiger partial charge in [-0.3, -0.25) is 18.7 Å². The third kappa shape index (κ3) is 3.77. The zero-order valence-corrected chi connectivity index (χ0v) is 15.9. The molecule has 1 heterocycles. The predicted octanol–water partition coefficient (Wildman–Crippen LogP) is 1.34. The highest BCUT2D eigenvalue weighted by atomic mass is 79.9. The summed E-state index contributed by atoms with van der Waals surface area (Å²) in [5.41, 5.74) is 4.33. The summed E-state index contributed by atoms with van der Waals surface area (Å²) >= 11 is 3.22. The van der Waals surface area contributed by atoms with Gasteiger partial charge in [-0.2, -0.15) is 0 Å². The number of rotatable bonds is 6. The molecule has 0 aliphatic rings. The number of carbonyl (C=O) groups excluding carboxylic acids is 2. The number of benzene rings is 1. The van der Waals surface area contributed by atoms with Gasteiger partial charge in [-0.1, -0.05) is 19.1 Å². The number of ketones is 1. The summed E-state index contributed by atoms with van der Waals surface area (Å²) in [5.74, 6) is -1.71. The van der Waals surface area contributed by atoms with Crippen LogP contribution in [-0.4, -0.2) is 27.5 Å². The summed E-state index contributed by atoms with van der Waals surface area (Å²) in [7, 11) is 1.26. The number of nitrogens with two attached hydrogens (primary N) is 1. The van der Waals surface area contributed by atoms with Crippen LogP contribution in [0.2, 0.25) is 0 Å². The number of hydrogen-bond acceptors (Lipinski definition) is 6. The maximum Gasteiger partial charge on any atom is 0.339 e. The van der Waals surface area contributed by atoms with Gasteiger partial charge in [0.15, 0.2) is 6.61 Å². The summed E-state index contributed by atoms with van der Waals surface area (Å²) in [4.78, 5) is 48.9. The van der Waals surface area contributed by atoms with E-state index in [1.807, 2.05) is 6.92 Å². The van der Waals surface area contributed by atoms with Crippen molar-refractivity contribution < 1.29 is 14.3 Å². The number of nitrogen functional groups attached to an aromatic ring is 1. The number of aromatic nitrogens is 2. The molecule has 138 valence electrons. The van der Waals surface area contributed by atoms with Crippen molar-refractivity contribution in [1.82, 2.24) is 9.13 Å². The second kappa shape index (κ2) is 8.13. The van der Waals surface area contributed by atoms with Gasteiger partial charge in [-0.05, 0) is 34.5 Å². The molecule has 1 aromatic heterocycles. The van der Waals surface area contributed by atoms with Crippen molar-refractivity contribution in [3.8, 4) is 0 Å². The van der Waals surface area contributed by atoms with Crippen LogP contribution in [0.25, 0.3) is 0 Å². The van der Waals surface area contributed by atoms with Gasteiger partial charge in [-0.15, -0.1) is 0 Å². The molecule has 2 N–H and O–H groups in total. The molecule has 9 heteroatoms. The molecule has 0 atom stereocenters. The molecular formula is C17H18BrN3O5. The van der Waals surface area contributed by atoms with Crippen LogP contribution in [0, 0.1) is 0 Å². The fourth-order valence-corrected chi connectivity index (χ4v) is 2.84. The lowest BCUT2D eigenvalue weighted by atomic mass is 10.2. The van der Waals surface area contributed by atoms with Gasteiger partial charge in [0, 0.05) is 18.1 Å². The number of halogens is 1. The maximum atomic E-state index is 12.4. The molecule has 0 amide bonds. The van der Waals surface area contributed by atoms with Gasteiger partial charge >= 0.3 is 11.7 Å². The van der Waals surface area contributed by atoms with E-state index in [2.05, 4.69) is 15.9 Å². The van der Waals surface area contributed by atoms with Gasteiger partial charge in [0.1, 0.15) is 11.4 Å². The Balaban J connectivity index is 2.30. The SMILES string of the molecule is CCCn1c(N)c(C(=O)COC(=O)c2ccccc2Br)c(=O)n(C)c1=O. The number of ether oxygens (including phenoxy) is 1. The van der Waals surface area contributed by atoms with E-state index < -0.39 is 29.6 Å². The zero-order chi connectivity index (χ0) is 19.4. The molecule has 0 radical (unpaired) electrons. The molecule has 8 nitrogen and oxygen atoms in total. The van der Waals surface area contributed by atoms with Crippen LogP contribution in [0.3, 0.4) is 0 Å². The number of hydrogen-bond donors (Lipinski definition) is 1. The summed E-state index contributed by atoms with van der Waals surface area (Å²) in [6.45, 7) is 1.43. The van der Waals surface area contributed by atoms with E-state index in [1.54, 1.807) is 18.2 Å². The Morgan fingerprint density at radius 1 is 1.23 bits per heavy atom. The third-order valence-electron chi connectivity index (χ3n) is 3.74. The highest BCUT2D eigenvalue weighted by molar-refractivity contribution is 9.10. The number of Topliss-reactive ketones (excluding diaryl/α,β-unsaturated/α-hetero) is 1. The molecule has 0 aliphatic heterocycles. The molecule has 0 saturated carbocycles. The fourth-order valence-electron chi connectivity index (χ4n) is 2.39. The van der Waals surface area contributed by atoms with Crippen LogP contribution < -0.4 is 17.0 Å². The molecule has 0 bridgehead atoms. The fraction of sp³-hybridized carbons (Fsp3) is 0.294. The molecule has 0 aliphatic carbocycles. The van der Waals surface area contributed by atoms with E-state index in [1.165, 1.54) is 13.1 Å². The van der Waals surface area contributed by atoms with Crippen molar-refractivity contribution in [1.29, 1.82) is 0 Å². The Kier molecular flexibility index (Phi) is 6.14. The minimum atomic E-state index is -0.818. The van der Waals surface area contributed by atoms with Crippen LogP contribution in [-0.2, 0) is 18.3 Å². The average molecular weight is 424 g/mol. The molecular weight excluding hydrogens is 406 g/mol. The first-order valence-corrected chi connectivity index (χ1v) is 8.63. The van der Waals surface area contributed by atoms with Crippen molar-refractivity contribution in [2.75, 3.05) is 12.3 Å². The van der Waals surface area contributed by atoms with Gasteiger partial charge < -0.3 is 10.5 Å². The monoisotopic (exact) mass is 423 g/mol. The maximum absolute atomic E-state index is 12.4. The average Bonchev–Trinajstić information content (AvgIpc) is 2.62. The minimum absolute atomic E-state index is 0.220. The molecule has 0 fully saturated rings. The lowest BCUT2D eigenvalue weighted by molar-refractivity contribution is 0.0473. The highest BCUT2D eigenvalue weighted by Crippen LogP contribution is 2.17. The van der Waals surface area contributed by atoms with Crippen LogP contribution in [0.15, 0.2) is 38.3 Å². The van der Waals surface area contributed by atoms with E-state index in [9.17, 15) is 19.2 Å². The quantitative estimate of drug-likeness (QED) is 0.553. The Hall–Kier alpha value is -2.68. The first kappa shape index (κ1) is 19.6. The predicted molar refractivity (Wildman–Crippen MR) is 99.4 cm³/mol. The molecule has 2 rings (SSSR count). The smallest absolute Gasteiger partial charge is 0.339 e. The number of esters is 1. The molecule has 0 saturated heterocycles. The van der Waals surface area contributed by atoms with Crippen molar-refractivity contribution in [3.63, 3.8) is 0 Å². The zero-order valence-electron chi connectivity index (χ0n) is 14.3. The van der Waals surface area contributed by atoms with Crippen LogP contribution in [0.4, 0.5) is 5.82 Å². The normalized spacial score (nSPS) is 10.6. The molecule has 26 heavy (non-hydrogen) atoms. The van der Waals surface area contributed by atoms with Crippen LogP contribution in [0.5, 0.6) is 0 Å². The minimum Gasteiger partial charge on any atom is -0.454 e. The Morgan fingerprint density at radius 2 is 1.88 bits per heavy atom. The molecule has 0 unspecified atom stereocenters. The topological polar surface area (TPSA) is 113 Å². The Labute approximate surface area is 157 Å². The largest absolute Gasteiger partial charge is 0.454 e. The number of carbonyl (C=O) groups is 2. The second-order valence-corrected chi connectivity index (χ2v) is 6.39. The Morgan fingerprint density at radius 3 is 2.50 bits per heavy atom. The highest BCUT2D eigenvalue weighted by Gasteiger charge is 2.23. The van der Waals surface area contributed by atoms with Crippen LogP contribution in [0.1, 0.15) is 34.1 Å². The summed E-state index contributed by atoms with van der Waals surface area (Å²) in [5, 5.41) is 0. The lowest BCUT2D eigenvalue weighted by Crippen LogP contribution is -2.43. The lowest BCUT2D eigenvalue weighted by Gasteiger charge is -2.14. The second-order valence-electron chi connectivity index (χ2n) is 5.54. The molecule has 2 aromatic rings. The van der Waals surface area contributed by atoms with Crippen molar-refractivity contribution in [2.24, 2.45) is 7.05 Å². The van der Waals surface area contributed by atoms with Gasteiger partial charge in [0.05, 0.1) is 5.56 Å². The van der Waals surface area contributed by atoms with E-state index in [0.717, 1.165) is 9.13 Å². The number of nitrogens with zero attached hydrogens (tertiary/aromatic N) is 2. The third-order valence-corrected chi connectivity index (χ3v) is 4.43.